The number of unbranched alkanes of at least 4 members (excludes halogenated alkanes) is 13. The molecule has 0 saturated heterocycles. The zero-order valence-corrected chi connectivity index (χ0v) is 23.1. The van der Waals surface area contributed by atoms with E-state index in [0.717, 1.165) is 38.5 Å². The average Bonchev–Trinajstić information content (AvgIpc) is 2.78. The van der Waals surface area contributed by atoms with Crippen LogP contribution in [0.2, 0.25) is 0 Å². The summed E-state index contributed by atoms with van der Waals surface area (Å²) in [7, 11) is 0. The van der Waals surface area contributed by atoms with E-state index >= 15 is 0 Å². The first-order valence-corrected chi connectivity index (χ1v) is 13.2. The first kappa shape index (κ1) is 31.7. The number of carboxylic acid groups (broad SMARTS) is 1. The number of carbonyl (C=O) groups is 2. The van der Waals surface area contributed by atoms with Gasteiger partial charge >= 0.3 is 35.5 Å². The fourth-order valence-electron chi connectivity index (χ4n) is 4.50. The van der Waals surface area contributed by atoms with E-state index in [9.17, 15) is 14.7 Å². The molecule has 0 radical (unpaired) electrons. The van der Waals surface area contributed by atoms with Crippen LogP contribution >= 0.6 is 0 Å². The predicted octanol–water partition coefficient (Wildman–Crippen LogP) is 3.52. The SMILES string of the molecule is CCCCCCCCCC/C=C/CCCCCCCOC(=O)C1CCCCC1C(=O)[O-].[Na+]. The van der Waals surface area contributed by atoms with Crippen LogP contribution in [0.25, 0.3) is 0 Å². The second-order valence-corrected chi connectivity index (χ2v) is 9.28. The predicted molar refractivity (Wildman–Crippen MR) is 125 cm³/mol. The summed E-state index contributed by atoms with van der Waals surface area (Å²) in [6, 6.07) is 0. The molecule has 4 nitrogen and oxygen atoms in total. The summed E-state index contributed by atoms with van der Waals surface area (Å²) in [4.78, 5) is 23.4. The van der Waals surface area contributed by atoms with Gasteiger partial charge in [-0.25, -0.2) is 0 Å². The average molecular weight is 459 g/mol. The molecule has 2 unspecified atom stereocenters. The van der Waals surface area contributed by atoms with Crippen molar-refractivity contribution in [1.29, 1.82) is 0 Å². The largest absolute Gasteiger partial charge is 1.00 e. The van der Waals surface area contributed by atoms with Crippen molar-refractivity contribution in [2.75, 3.05) is 6.61 Å². The van der Waals surface area contributed by atoms with Gasteiger partial charge < -0.3 is 14.6 Å². The minimum absolute atomic E-state index is 0. The summed E-state index contributed by atoms with van der Waals surface area (Å²) in [6.45, 7) is 2.68. The Hall–Kier alpha value is -0.320. The minimum Gasteiger partial charge on any atom is -0.550 e. The van der Waals surface area contributed by atoms with Gasteiger partial charge in [-0.05, 0) is 44.9 Å². The molecule has 2 atom stereocenters. The molecule has 1 rings (SSSR count). The topological polar surface area (TPSA) is 66.4 Å². The molecule has 0 N–H and O–H groups in total. The van der Waals surface area contributed by atoms with Gasteiger partial charge in [0.15, 0.2) is 0 Å². The van der Waals surface area contributed by atoms with Crippen molar-refractivity contribution in [1.82, 2.24) is 0 Å². The molecule has 0 amide bonds. The van der Waals surface area contributed by atoms with Crippen molar-refractivity contribution in [3.8, 4) is 0 Å². The molecule has 32 heavy (non-hydrogen) atoms. The summed E-state index contributed by atoms with van der Waals surface area (Å²) in [5.74, 6) is -2.61. The van der Waals surface area contributed by atoms with Crippen molar-refractivity contribution in [2.45, 2.75) is 129 Å². The fraction of sp³-hybridized carbons (Fsp3) is 0.852. The van der Waals surface area contributed by atoms with Gasteiger partial charge in [-0.15, -0.1) is 0 Å². The van der Waals surface area contributed by atoms with Crippen LogP contribution in [0.15, 0.2) is 12.2 Å². The smallest absolute Gasteiger partial charge is 0.550 e. The fourth-order valence-corrected chi connectivity index (χ4v) is 4.50. The van der Waals surface area contributed by atoms with Crippen LogP contribution in [0, 0.1) is 11.8 Å². The Bertz CT molecular complexity index is 492. The van der Waals surface area contributed by atoms with Gasteiger partial charge in [0.25, 0.3) is 0 Å². The molecule has 180 valence electrons. The Morgan fingerprint density at radius 1 is 0.750 bits per heavy atom. The van der Waals surface area contributed by atoms with Gasteiger partial charge in [0.2, 0.25) is 0 Å². The standard InChI is InChI=1S/C27H48O4.Na/c1-2-3-4-5-6-7-8-9-10-11-12-13-14-15-16-17-20-23-31-27(30)25-22-19-18-21-24(25)26(28)29;/h11-12,24-25H,2-10,13-23H2,1H3,(H,28,29);/q;+1/p-1/b12-11+;. The molecule has 0 aliphatic heterocycles. The maximum absolute atomic E-state index is 12.2. The van der Waals surface area contributed by atoms with E-state index in [2.05, 4.69) is 19.1 Å². The molecule has 1 aliphatic carbocycles. The molecule has 1 aliphatic rings. The molecule has 0 heterocycles. The van der Waals surface area contributed by atoms with Gasteiger partial charge in [-0.3, -0.25) is 4.79 Å². The van der Waals surface area contributed by atoms with Gasteiger partial charge in [0, 0.05) is 11.9 Å². The number of allylic oxidation sites excluding steroid dienone is 2. The van der Waals surface area contributed by atoms with Crippen molar-refractivity contribution in [3.63, 3.8) is 0 Å². The van der Waals surface area contributed by atoms with Crippen molar-refractivity contribution in [2.24, 2.45) is 11.8 Å². The Morgan fingerprint density at radius 2 is 1.22 bits per heavy atom. The molecule has 5 heteroatoms. The molecular formula is C27H47NaO4. The van der Waals surface area contributed by atoms with Crippen molar-refractivity contribution < 1.29 is 49.0 Å². The number of carboxylic acids is 1. The van der Waals surface area contributed by atoms with Crippen LogP contribution in [0.5, 0.6) is 0 Å². The van der Waals surface area contributed by atoms with Gasteiger partial charge in [0.05, 0.1) is 12.5 Å². The molecule has 1 saturated carbocycles. The summed E-state index contributed by atoms with van der Waals surface area (Å²) in [5, 5.41) is 11.2. The van der Waals surface area contributed by atoms with Crippen LogP contribution in [0.3, 0.4) is 0 Å². The van der Waals surface area contributed by atoms with E-state index in [4.69, 9.17) is 4.74 Å². The quantitative estimate of drug-likeness (QED) is 0.129. The maximum atomic E-state index is 12.2. The summed E-state index contributed by atoms with van der Waals surface area (Å²) >= 11 is 0. The summed E-state index contributed by atoms with van der Waals surface area (Å²) < 4.78 is 5.34. The zero-order chi connectivity index (χ0) is 22.6. The van der Waals surface area contributed by atoms with Crippen LogP contribution in [0.1, 0.15) is 129 Å². The van der Waals surface area contributed by atoms with E-state index in [0.29, 0.717) is 19.4 Å². The van der Waals surface area contributed by atoms with Crippen LogP contribution in [-0.2, 0) is 14.3 Å². The first-order chi connectivity index (χ1) is 15.2. The van der Waals surface area contributed by atoms with Crippen LogP contribution in [0.4, 0.5) is 0 Å². The van der Waals surface area contributed by atoms with E-state index in [-0.39, 0.29) is 35.5 Å². The number of ether oxygens (including phenoxy) is 1. The van der Waals surface area contributed by atoms with E-state index < -0.39 is 17.8 Å². The molecule has 1 fully saturated rings. The van der Waals surface area contributed by atoms with E-state index in [1.807, 2.05) is 0 Å². The van der Waals surface area contributed by atoms with E-state index in [1.54, 1.807) is 0 Å². The van der Waals surface area contributed by atoms with Crippen LogP contribution in [-0.4, -0.2) is 18.5 Å². The van der Waals surface area contributed by atoms with Crippen molar-refractivity contribution >= 4 is 11.9 Å². The minimum atomic E-state index is -1.10. The third kappa shape index (κ3) is 16.3. The van der Waals surface area contributed by atoms with E-state index in [1.165, 1.54) is 70.6 Å². The second kappa shape index (κ2) is 22.5. The van der Waals surface area contributed by atoms with Gasteiger partial charge in [0.1, 0.15) is 0 Å². The number of carbonyl (C=O) groups excluding carboxylic acids is 2. The molecule has 0 bridgehead atoms. The molecule has 0 aromatic carbocycles. The Kier molecular flexibility index (Phi) is 22.2. The molecule has 0 spiro atoms. The third-order valence-corrected chi connectivity index (χ3v) is 6.52. The Morgan fingerprint density at radius 3 is 1.75 bits per heavy atom. The number of rotatable bonds is 19. The number of hydrogen-bond donors (Lipinski definition) is 0. The Balaban J connectivity index is 0.00000961. The third-order valence-electron chi connectivity index (χ3n) is 6.52. The maximum Gasteiger partial charge on any atom is 1.00 e. The number of esters is 1. The normalized spacial score (nSPS) is 18.4. The monoisotopic (exact) mass is 458 g/mol. The zero-order valence-electron chi connectivity index (χ0n) is 21.1. The summed E-state index contributed by atoms with van der Waals surface area (Å²) in [5.41, 5.74) is 0. The van der Waals surface area contributed by atoms with Gasteiger partial charge in [-0.1, -0.05) is 96.1 Å². The first-order valence-electron chi connectivity index (χ1n) is 13.2. The van der Waals surface area contributed by atoms with Crippen LogP contribution < -0.4 is 34.7 Å². The van der Waals surface area contributed by atoms with Crippen molar-refractivity contribution in [3.05, 3.63) is 12.2 Å². The number of hydrogen-bond acceptors (Lipinski definition) is 4. The molecule has 0 aromatic heterocycles. The molecule has 0 aromatic rings. The summed E-state index contributed by atoms with van der Waals surface area (Å²) in [6.07, 6.45) is 26.5. The Labute approximate surface area is 219 Å². The number of aliphatic carboxylic acids is 1. The second-order valence-electron chi connectivity index (χ2n) is 9.28. The molecular weight excluding hydrogens is 411 g/mol. The van der Waals surface area contributed by atoms with Gasteiger partial charge in [-0.2, -0.15) is 0 Å².